The second-order valence-electron chi connectivity index (χ2n) is 8.23. The van der Waals surface area contributed by atoms with Crippen molar-refractivity contribution in [1.82, 2.24) is 9.99 Å². The minimum atomic E-state index is 0.0526. The molecule has 1 aliphatic rings. The molecule has 0 aliphatic carbocycles. The molecule has 0 bridgehead atoms. The number of amides is 1. The summed E-state index contributed by atoms with van der Waals surface area (Å²) in [6.07, 6.45) is 5.33. The molecule has 5 nitrogen and oxygen atoms in total. The van der Waals surface area contributed by atoms with E-state index in [1.807, 2.05) is 41.2 Å². The van der Waals surface area contributed by atoms with Gasteiger partial charge in [-0.3, -0.25) is 14.8 Å². The van der Waals surface area contributed by atoms with Crippen LogP contribution in [-0.2, 0) is 24.2 Å². The highest BCUT2D eigenvalue weighted by Crippen LogP contribution is 2.23. The fourth-order valence-corrected chi connectivity index (χ4v) is 4.13. The van der Waals surface area contributed by atoms with Crippen LogP contribution in [0.2, 0.25) is 0 Å². The highest BCUT2D eigenvalue weighted by Gasteiger charge is 2.23. The molecular weight excluding hydrogens is 396 g/mol. The number of likely N-dealkylation sites (N-methyl/N-ethyl adjacent to an activating group) is 1. The molecule has 0 atom stereocenters. The molecule has 164 valence electrons. The van der Waals surface area contributed by atoms with Gasteiger partial charge in [-0.25, -0.2) is 0 Å². The smallest absolute Gasteiger partial charge is 0.248 e. The number of rotatable bonds is 7. The summed E-state index contributed by atoms with van der Waals surface area (Å²) in [7, 11) is 0. The molecule has 1 aromatic heterocycles. The van der Waals surface area contributed by atoms with E-state index in [9.17, 15) is 4.79 Å². The van der Waals surface area contributed by atoms with Crippen LogP contribution in [0.25, 0.3) is 0 Å². The minimum Gasteiger partial charge on any atom is -0.311 e. The third-order valence-corrected chi connectivity index (χ3v) is 5.88. The van der Waals surface area contributed by atoms with E-state index in [2.05, 4.69) is 55.2 Å². The van der Waals surface area contributed by atoms with Crippen molar-refractivity contribution in [2.45, 2.75) is 40.2 Å². The first kappa shape index (κ1) is 21.8. The quantitative estimate of drug-likeness (QED) is 0.547. The molecule has 0 saturated heterocycles. The molecule has 3 aromatic rings. The summed E-state index contributed by atoms with van der Waals surface area (Å²) in [6.45, 7) is 7.74. The summed E-state index contributed by atoms with van der Waals surface area (Å²) in [5.74, 6) is 0.0526. The van der Waals surface area contributed by atoms with Crippen molar-refractivity contribution >= 4 is 17.3 Å². The number of carbonyl (C=O) groups is 1. The number of hydrogen-bond donors (Lipinski definition) is 0. The molecule has 4 rings (SSSR count). The van der Waals surface area contributed by atoms with Crippen LogP contribution in [0.3, 0.4) is 0 Å². The lowest BCUT2D eigenvalue weighted by Gasteiger charge is -2.30. The van der Waals surface area contributed by atoms with Gasteiger partial charge >= 0.3 is 0 Å². The van der Waals surface area contributed by atoms with Gasteiger partial charge in [0.05, 0.1) is 12.3 Å². The van der Waals surface area contributed by atoms with Gasteiger partial charge in [-0.1, -0.05) is 42.8 Å². The van der Waals surface area contributed by atoms with Crippen LogP contribution in [0, 0.1) is 6.92 Å². The molecule has 0 N–H and O–H groups in total. The Morgan fingerprint density at radius 3 is 2.56 bits per heavy atom. The van der Waals surface area contributed by atoms with Crippen LogP contribution >= 0.6 is 0 Å². The number of benzene rings is 2. The van der Waals surface area contributed by atoms with E-state index in [4.69, 9.17) is 5.10 Å². The Morgan fingerprint density at radius 2 is 1.88 bits per heavy atom. The zero-order valence-electron chi connectivity index (χ0n) is 19.1. The summed E-state index contributed by atoms with van der Waals surface area (Å²) >= 11 is 0. The Balaban J connectivity index is 1.57. The molecule has 1 aliphatic heterocycles. The number of anilines is 1. The van der Waals surface area contributed by atoms with Crippen LogP contribution in [0.15, 0.2) is 72.1 Å². The minimum absolute atomic E-state index is 0.0526. The molecule has 5 heteroatoms. The van der Waals surface area contributed by atoms with E-state index in [1.165, 1.54) is 22.3 Å². The van der Waals surface area contributed by atoms with E-state index >= 15 is 0 Å². The second kappa shape index (κ2) is 9.77. The van der Waals surface area contributed by atoms with Gasteiger partial charge in [-0.15, -0.1) is 0 Å². The van der Waals surface area contributed by atoms with Crippen molar-refractivity contribution in [2.24, 2.45) is 5.10 Å². The maximum Gasteiger partial charge on any atom is 0.248 e. The van der Waals surface area contributed by atoms with E-state index in [0.717, 1.165) is 23.4 Å². The molecule has 0 fully saturated rings. The number of fused-ring (bicyclic) bond motifs is 1. The molecule has 0 unspecified atom stereocenters. The molecule has 0 saturated carbocycles. The predicted octanol–water partition coefficient (Wildman–Crippen LogP) is 4.77. The average Bonchev–Trinajstić information content (AvgIpc) is 2.81. The highest BCUT2D eigenvalue weighted by molar-refractivity contribution is 6.04. The molecule has 2 heterocycles. The highest BCUT2D eigenvalue weighted by atomic mass is 16.2. The molecule has 0 radical (unpaired) electrons. The number of aryl methyl sites for hydroxylation is 2. The number of hydrogen-bond acceptors (Lipinski definition) is 4. The standard InChI is InChI=1S/C27H30N4O/c1-4-21-9-12-24(13-10-21)31(5-2)27(32)19-30-18-23-11-8-20(3)15-25(23)26(29-30)16-22-7-6-14-28-17-22/h6-15,17H,4-5,16,18-19H2,1-3H3. The largest absolute Gasteiger partial charge is 0.311 e. The lowest BCUT2D eigenvalue weighted by molar-refractivity contribution is -0.119. The molecular formula is C27H30N4O. The molecule has 1 amide bonds. The van der Waals surface area contributed by atoms with Gasteiger partial charge in [0.15, 0.2) is 0 Å². The van der Waals surface area contributed by atoms with Crippen molar-refractivity contribution < 1.29 is 4.79 Å². The maximum absolute atomic E-state index is 13.2. The van der Waals surface area contributed by atoms with Gasteiger partial charge in [0.25, 0.3) is 0 Å². The maximum atomic E-state index is 13.2. The van der Waals surface area contributed by atoms with Crippen LogP contribution in [0.4, 0.5) is 5.69 Å². The SMILES string of the molecule is CCc1ccc(N(CC)C(=O)CN2Cc3ccc(C)cc3C(Cc3cccnc3)=N2)cc1. The Bertz CT molecular complexity index is 1110. The van der Waals surface area contributed by atoms with Gasteiger partial charge in [0.1, 0.15) is 6.54 Å². The van der Waals surface area contributed by atoms with Crippen molar-refractivity contribution in [3.05, 3.63) is 94.8 Å². The van der Waals surface area contributed by atoms with Crippen molar-refractivity contribution in [2.75, 3.05) is 18.0 Å². The third-order valence-electron chi connectivity index (χ3n) is 5.88. The number of nitrogens with zero attached hydrogens (tertiary/aromatic N) is 4. The second-order valence-corrected chi connectivity index (χ2v) is 8.23. The van der Waals surface area contributed by atoms with Crippen molar-refractivity contribution in [1.29, 1.82) is 0 Å². The predicted molar refractivity (Wildman–Crippen MR) is 130 cm³/mol. The Morgan fingerprint density at radius 1 is 1.06 bits per heavy atom. The van der Waals surface area contributed by atoms with E-state index in [-0.39, 0.29) is 12.5 Å². The fraction of sp³-hybridized carbons (Fsp3) is 0.296. The zero-order chi connectivity index (χ0) is 22.5. The number of pyridine rings is 1. The van der Waals surface area contributed by atoms with E-state index < -0.39 is 0 Å². The Kier molecular flexibility index (Phi) is 6.64. The number of carbonyl (C=O) groups excluding carboxylic acids is 1. The first-order valence-corrected chi connectivity index (χ1v) is 11.3. The molecule has 0 spiro atoms. The number of aromatic nitrogens is 1. The molecule has 2 aromatic carbocycles. The molecule has 32 heavy (non-hydrogen) atoms. The van der Waals surface area contributed by atoms with Gasteiger partial charge in [0, 0.05) is 36.6 Å². The van der Waals surface area contributed by atoms with Gasteiger partial charge in [-0.05, 0) is 61.2 Å². The lowest BCUT2D eigenvalue weighted by atomic mass is 9.95. The van der Waals surface area contributed by atoms with Crippen LogP contribution in [0.1, 0.15) is 41.7 Å². The van der Waals surface area contributed by atoms with Crippen LogP contribution < -0.4 is 4.90 Å². The van der Waals surface area contributed by atoms with E-state index in [1.54, 1.807) is 6.20 Å². The van der Waals surface area contributed by atoms with Gasteiger partial charge in [-0.2, -0.15) is 5.10 Å². The fourth-order valence-electron chi connectivity index (χ4n) is 4.13. The van der Waals surface area contributed by atoms with E-state index in [0.29, 0.717) is 19.5 Å². The summed E-state index contributed by atoms with van der Waals surface area (Å²) in [5, 5.41) is 6.81. The van der Waals surface area contributed by atoms with Crippen LogP contribution in [-0.4, -0.2) is 34.7 Å². The third kappa shape index (κ3) is 4.88. The first-order chi connectivity index (χ1) is 15.6. The lowest BCUT2D eigenvalue weighted by Crippen LogP contribution is -2.40. The normalized spacial score (nSPS) is 12.8. The van der Waals surface area contributed by atoms with Crippen molar-refractivity contribution in [3.63, 3.8) is 0 Å². The topological polar surface area (TPSA) is 48.8 Å². The summed E-state index contributed by atoms with van der Waals surface area (Å²) in [4.78, 5) is 19.3. The zero-order valence-corrected chi connectivity index (χ0v) is 19.1. The number of hydrazone groups is 1. The summed E-state index contributed by atoms with van der Waals surface area (Å²) < 4.78 is 0. The Hall–Kier alpha value is -3.47. The van der Waals surface area contributed by atoms with Crippen molar-refractivity contribution in [3.8, 4) is 0 Å². The average molecular weight is 427 g/mol. The Labute approximate surface area is 190 Å². The summed E-state index contributed by atoms with van der Waals surface area (Å²) in [5.41, 5.74) is 7.86. The van der Waals surface area contributed by atoms with Gasteiger partial charge < -0.3 is 4.90 Å². The van der Waals surface area contributed by atoms with Crippen LogP contribution in [0.5, 0.6) is 0 Å². The van der Waals surface area contributed by atoms with Gasteiger partial charge in [0.2, 0.25) is 5.91 Å². The first-order valence-electron chi connectivity index (χ1n) is 11.3. The summed E-state index contributed by atoms with van der Waals surface area (Å²) in [6, 6.07) is 18.7. The monoisotopic (exact) mass is 426 g/mol.